The molecule has 4 aromatic carbocycles. The molecule has 0 saturated heterocycles. The molecule has 0 aliphatic carbocycles. The third kappa shape index (κ3) is 5.26. The average molecular weight is 505 g/mol. The number of halogens is 2. The third-order valence-corrected chi connectivity index (χ3v) is 6.38. The zero-order valence-electron chi connectivity index (χ0n) is 19.5. The molecule has 6 heteroatoms. The maximum atomic E-state index is 13.5. The minimum Gasteiger partial charge on any atom is -0.376 e. The molecule has 1 unspecified atom stereocenters. The highest BCUT2D eigenvalue weighted by molar-refractivity contribution is 6.34. The van der Waals surface area contributed by atoms with Crippen LogP contribution in [0.4, 0.5) is 5.69 Å². The van der Waals surface area contributed by atoms with E-state index in [-0.39, 0.29) is 10.6 Å². The molecule has 4 rings (SSSR count). The van der Waals surface area contributed by atoms with Crippen molar-refractivity contribution in [3.05, 3.63) is 135 Å². The Hall–Kier alpha value is -3.15. The number of anilines is 1. The van der Waals surface area contributed by atoms with Crippen LogP contribution in [-0.2, 0) is 12.1 Å². The molecule has 1 atom stereocenters. The monoisotopic (exact) mass is 504 g/mol. The number of amides is 1. The molecule has 35 heavy (non-hydrogen) atoms. The van der Waals surface area contributed by atoms with E-state index in [1.807, 2.05) is 61.5 Å². The lowest BCUT2D eigenvalue weighted by Crippen LogP contribution is -2.34. The molecular formula is C29H26Cl2N2O2. The van der Waals surface area contributed by atoms with Crippen molar-refractivity contribution in [3.63, 3.8) is 0 Å². The van der Waals surface area contributed by atoms with Gasteiger partial charge in [0.1, 0.15) is 5.60 Å². The van der Waals surface area contributed by atoms with Crippen LogP contribution in [0, 0.1) is 0 Å². The van der Waals surface area contributed by atoms with Crippen molar-refractivity contribution >= 4 is 34.8 Å². The Kier molecular flexibility index (Phi) is 7.58. The van der Waals surface area contributed by atoms with E-state index < -0.39 is 11.5 Å². The molecule has 0 aromatic heterocycles. The molecule has 0 heterocycles. The van der Waals surface area contributed by atoms with E-state index in [4.69, 9.17) is 23.2 Å². The fourth-order valence-electron chi connectivity index (χ4n) is 4.27. The largest absolute Gasteiger partial charge is 0.376 e. The zero-order chi connectivity index (χ0) is 25.0. The second-order valence-electron chi connectivity index (χ2n) is 8.59. The standard InChI is InChI=1S/C29H26Cl2N2O2/c1-33(2)19-20-9-6-7-12-24(20)29(35,21-15-17-22(30)18-16-21)25-13-8-14-26(31)27(25)28(34)32-23-10-4-3-5-11-23/h3-18,35H,19H2,1-2H3,(H,32,34). The smallest absolute Gasteiger partial charge is 0.257 e. The van der Waals surface area contributed by atoms with Gasteiger partial charge in [-0.15, -0.1) is 0 Å². The molecular weight excluding hydrogens is 479 g/mol. The maximum absolute atomic E-state index is 13.5. The SMILES string of the molecule is CN(C)Cc1ccccc1C(O)(c1ccc(Cl)cc1)c1cccc(Cl)c1C(=O)Nc1ccccc1. The van der Waals surface area contributed by atoms with Gasteiger partial charge in [0.2, 0.25) is 0 Å². The van der Waals surface area contributed by atoms with Crippen molar-refractivity contribution < 1.29 is 9.90 Å². The summed E-state index contributed by atoms with van der Waals surface area (Å²) in [7, 11) is 3.94. The predicted molar refractivity (Wildman–Crippen MR) is 143 cm³/mol. The summed E-state index contributed by atoms with van der Waals surface area (Å²) in [5.41, 5.74) is 1.69. The highest BCUT2D eigenvalue weighted by Crippen LogP contribution is 2.42. The number of hydrogen-bond donors (Lipinski definition) is 2. The molecule has 2 N–H and O–H groups in total. The van der Waals surface area contributed by atoms with Gasteiger partial charge in [0.25, 0.3) is 5.91 Å². The topological polar surface area (TPSA) is 52.6 Å². The molecule has 0 spiro atoms. The Morgan fingerprint density at radius 2 is 1.46 bits per heavy atom. The van der Waals surface area contributed by atoms with Crippen molar-refractivity contribution in [2.45, 2.75) is 12.1 Å². The highest BCUT2D eigenvalue weighted by Gasteiger charge is 2.39. The van der Waals surface area contributed by atoms with Gasteiger partial charge < -0.3 is 15.3 Å². The summed E-state index contributed by atoms with van der Waals surface area (Å²) in [4.78, 5) is 15.6. The van der Waals surface area contributed by atoms with Gasteiger partial charge in [-0.3, -0.25) is 4.79 Å². The molecule has 0 aliphatic rings. The van der Waals surface area contributed by atoms with Crippen molar-refractivity contribution in [3.8, 4) is 0 Å². The molecule has 0 aliphatic heterocycles. The minimum absolute atomic E-state index is 0.204. The second-order valence-corrected chi connectivity index (χ2v) is 9.44. The first-order valence-corrected chi connectivity index (χ1v) is 11.9. The first-order chi connectivity index (χ1) is 16.8. The van der Waals surface area contributed by atoms with Gasteiger partial charge >= 0.3 is 0 Å². The van der Waals surface area contributed by atoms with Crippen LogP contribution in [0.2, 0.25) is 10.0 Å². The summed E-state index contributed by atoms with van der Waals surface area (Å²) in [6.45, 7) is 0.595. The number of para-hydroxylation sites is 1. The van der Waals surface area contributed by atoms with Crippen LogP contribution < -0.4 is 5.32 Å². The van der Waals surface area contributed by atoms with Crippen LogP contribution in [0.15, 0.2) is 97.1 Å². The molecule has 178 valence electrons. The Bertz CT molecular complexity index is 1320. The normalized spacial score (nSPS) is 12.9. The number of rotatable bonds is 7. The van der Waals surface area contributed by atoms with Gasteiger partial charge in [-0.2, -0.15) is 0 Å². The number of carbonyl (C=O) groups excluding carboxylic acids is 1. The molecule has 0 saturated carbocycles. The lowest BCUT2D eigenvalue weighted by molar-refractivity contribution is 0.0994. The van der Waals surface area contributed by atoms with E-state index in [1.54, 1.807) is 54.6 Å². The van der Waals surface area contributed by atoms with E-state index in [0.29, 0.717) is 33.9 Å². The van der Waals surface area contributed by atoms with E-state index in [9.17, 15) is 9.90 Å². The summed E-state index contributed by atoms with van der Waals surface area (Å²) in [5.74, 6) is -0.408. The number of hydrogen-bond acceptors (Lipinski definition) is 3. The van der Waals surface area contributed by atoms with Crippen LogP contribution >= 0.6 is 23.2 Å². The molecule has 1 amide bonds. The fourth-order valence-corrected chi connectivity index (χ4v) is 4.66. The number of nitrogens with one attached hydrogen (secondary N) is 1. The summed E-state index contributed by atoms with van der Waals surface area (Å²) < 4.78 is 0. The van der Waals surface area contributed by atoms with E-state index >= 15 is 0 Å². The lowest BCUT2D eigenvalue weighted by Gasteiger charge is -2.34. The minimum atomic E-state index is -1.68. The zero-order valence-corrected chi connectivity index (χ0v) is 21.0. The third-order valence-electron chi connectivity index (χ3n) is 5.82. The molecule has 0 radical (unpaired) electrons. The molecule has 4 aromatic rings. The summed E-state index contributed by atoms with van der Waals surface area (Å²) in [5, 5.41) is 16.3. The van der Waals surface area contributed by atoms with Crippen molar-refractivity contribution in [1.29, 1.82) is 0 Å². The van der Waals surface area contributed by atoms with Gasteiger partial charge in [0.05, 0.1) is 10.6 Å². The lowest BCUT2D eigenvalue weighted by atomic mass is 9.76. The Morgan fingerprint density at radius 3 is 2.14 bits per heavy atom. The molecule has 0 bridgehead atoms. The van der Waals surface area contributed by atoms with Gasteiger partial charge in [0, 0.05) is 22.8 Å². The van der Waals surface area contributed by atoms with Crippen LogP contribution in [0.1, 0.15) is 32.6 Å². The van der Waals surface area contributed by atoms with E-state index in [1.165, 1.54) is 0 Å². The summed E-state index contributed by atoms with van der Waals surface area (Å²) in [6, 6.07) is 29.0. The Morgan fingerprint density at radius 1 is 0.829 bits per heavy atom. The number of benzene rings is 4. The van der Waals surface area contributed by atoms with Gasteiger partial charge in [-0.25, -0.2) is 0 Å². The van der Waals surface area contributed by atoms with Crippen LogP contribution in [0.25, 0.3) is 0 Å². The first kappa shape index (κ1) is 25.0. The predicted octanol–water partition coefficient (Wildman–Crippen LogP) is 6.59. The van der Waals surface area contributed by atoms with Gasteiger partial charge in [-0.05, 0) is 61.1 Å². The van der Waals surface area contributed by atoms with E-state index in [0.717, 1.165) is 5.56 Å². The number of carbonyl (C=O) groups is 1. The van der Waals surface area contributed by atoms with Crippen molar-refractivity contribution in [2.75, 3.05) is 19.4 Å². The fraction of sp³-hybridized carbons (Fsp3) is 0.138. The number of nitrogens with zero attached hydrogens (tertiary/aromatic N) is 1. The van der Waals surface area contributed by atoms with Crippen LogP contribution in [0.3, 0.4) is 0 Å². The van der Waals surface area contributed by atoms with Gasteiger partial charge in [0.15, 0.2) is 0 Å². The summed E-state index contributed by atoms with van der Waals surface area (Å²) in [6.07, 6.45) is 0. The maximum Gasteiger partial charge on any atom is 0.257 e. The quantitative estimate of drug-likeness (QED) is 0.279. The average Bonchev–Trinajstić information content (AvgIpc) is 2.84. The van der Waals surface area contributed by atoms with Crippen molar-refractivity contribution in [2.24, 2.45) is 0 Å². The summed E-state index contributed by atoms with van der Waals surface area (Å²) >= 11 is 12.8. The first-order valence-electron chi connectivity index (χ1n) is 11.2. The van der Waals surface area contributed by atoms with Crippen molar-refractivity contribution in [1.82, 2.24) is 4.90 Å². The highest BCUT2D eigenvalue weighted by atomic mass is 35.5. The second kappa shape index (κ2) is 10.6. The Labute approximate surface area is 215 Å². The molecule has 0 fully saturated rings. The van der Waals surface area contributed by atoms with Crippen LogP contribution in [-0.4, -0.2) is 30.0 Å². The van der Waals surface area contributed by atoms with Crippen LogP contribution in [0.5, 0.6) is 0 Å². The van der Waals surface area contributed by atoms with E-state index in [2.05, 4.69) is 5.32 Å². The van der Waals surface area contributed by atoms with Gasteiger partial charge in [-0.1, -0.05) is 89.9 Å². The number of aliphatic hydroxyl groups is 1. The Balaban J connectivity index is 1.96. The molecule has 4 nitrogen and oxygen atoms in total.